The van der Waals surface area contributed by atoms with Gasteiger partial charge in [0, 0.05) is 87.1 Å². The molecule has 17 aromatic rings. The molecule has 0 N–H and O–H groups in total. The Morgan fingerprint density at radius 1 is 0.200 bits per heavy atom. The zero-order valence-electron chi connectivity index (χ0n) is 37.7. The minimum Gasteiger partial charge on any atom is -0.307 e. The minimum absolute atomic E-state index is 1.15. The van der Waals surface area contributed by atoms with Crippen LogP contribution in [-0.2, 0) is 0 Å². The summed E-state index contributed by atoms with van der Waals surface area (Å²) in [4.78, 5) is 0. The summed E-state index contributed by atoms with van der Waals surface area (Å²) in [5, 5.41) is 15.1. The molecule has 0 radical (unpaired) electrons. The smallest absolute Gasteiger partial charge is 0.0789 e. The van der Waals surface area contributed by atoms with E-state index in [0.717, 1.165) is 11.4 Å². The Morgan fingerprint density at radius 2 is 0.514 bits per heavy atom. The van der Waals surface area contributed by atoms with Crippen LogP contribution in [0.4, 0.5) is 0 Å². The molecule has 0 saturated carbocycles. The van der Waals surface area contributed by atoms with Gasteiger partial charge in [-0.1, -0.05) is 194 Å². The van der Waals surface area contributed by atoms with Crippen molar-refractivity contribution in [3.8, 4) is 33.6 Å². The van der Waals surface area contributed by atoms with Crippen LogP contribution in [0, 0.1) is 0 Å². The van der Waals surface area contributed by atoms with Crippen molar-refractivity contribution in [1.29, 1.82) is 0 Å². The first-order valence-corrected chi connectivity index (χ1v) is 24.3. The standard InChI is InChI=1S/C66H38N4/c1-5-19-39(20-6-1)55-57-51-31-17-29-45-50-38-36-48-44-28-14-16-34-54(44)68(42-25-11-4-12-26-42)62(48)64(50)70(59(45)51)66(57)56(40-21-7-2-8-22-40)58-52-32-18-30-46-49-37-35-47-43-27-13-15-33-53(43)67(41-23-9-3-10-24-41)61(47)63(49)69(60(46)52)65(55)58/h1-38H. The number of fused-ring (bicyclic) bond motifs is 20. The van der Waals surface area contributed by atoms with Crippen molar-refractivity contribution in [1.82, 2.24) is 17.9 Å². The molecule has 4 heteroatoms. The maximum atomic E-state index is 2.68. The van der Waals surface area contributed by atoms with E-state index in [2.05, 4.69) is 248 Å². The van der Waals surface area contributed by atoms with Crippen LogP contribution in [-0.4, -0.2) is 17.9 Å². The summed E-state index contributed by atoms with van der Waals surface area (Å²) < 4.78 is 10.4. The van der Waals surface area contributed by atoms with E-state index in [9.17, 15) is 0 Å². The molecule has 6 aromatic heterocycles. The van der Waals surface area contributed by atoms with Crippen LogP contribution in [0.15, 0.2) is 231 Å². The van der Waals surface area contributed by atoms with Crippen LogP contribution in [0.2, 0.25) is 0 Å². The molecule has 0 aliphatic heterocycles. The quantitative estimate of drug-likeness (QED) is 0.168. The van der Waals surface area contributed by atoms with Crippen molar-refractivity contribution < 1.29 is 0 Å². The van der Waals surface area contributed by atoms with Gasteiger partial charge in [0.05, 0.1) is 55.2 Å². The molecule has 0 aliphatic rings. The maximum Gasteiger partial charge on any atom is 0.0789 e. The number of benzene rings is 11. The van der Waals surface area contributed by atoms with Gasteiger partial charge in [-0.05, 0) is 47.5 Å². The molecule has 6 heterocycles. The van der Waals surface area contributed by atoms with Crippen LogP contribution in [0.3, 0.4) is 0 Å². The molecule has 0 amide bonds. The first-order chi connectivity index (χ1) is 34.8. The Balaban J connectivity index is 1.21. The summed E-state index contributed by atoms with van der Waals surface area (Å²) in [7, 11) is 0. The highest BCUT2D eigenvalue weighted by atomic mass is 15.0. The molecule has 0 spiro atoms. The highest BCUT2D eigenvalue weighted by Gasteiger charge is 2.32. The molecule has 0 fully saturated rings. The van der Waals surface area contributed by atoms with Gasteiger partial charge in [0.2, 0.25) is 0 Å². The van der Waals surface area contributed by atoms with E-state index in [4.69, 9.17) is 0 Å². The van der Waals surface area contributed by atoms with Crippen molar-refractivity contribution in [2.75, 3.05) is 0 Å². The van der Waals surface area contributed by atoms with Gasteiger partial charge in [0.1, 0.15) is 0 Å². The van der Waals surface area contributed by atoms with E-state index in [0.29, 0.717) is 0 Å². The SMILES string of the molecule is c1ccc(-c2c3c4cccc5c6ccc7c8ccccc8n(-c8ccccc8)c7c6n(c3c(-c3ccccc3)c3c6cccc7c8ccc9c%10ccccc%10n(-c%10ccccc%10)c9c8n(c23)c76)c54)cc1. The summed E-state index contributed by atoms with van der Waals surface area (Å²) >= 11 is 0. The van der Waals surface area contributed by atoms with E-state index < -0.39 is 0 Å². The largest absolute Gasteiger partial charge is 0.307 e. The average molecular weight is 887 g/mol. The maximum absolute atomic E-state index is 2.68. The molecule has 0 unspecified atom stereocenters. The highest BCUT2D eigenvalue weighted by molar-refractivity contribution is 6.40. The monoisotopic (exact) mass is 886 g/mol. The van der Waals surface area contributed by atoms with Gasteiger partial charge in [-0.3, -0.25) is 0 Å². The third kappa shape index (κ3) is 4.39. The molecule has 4 nitrogen and oxygen atoms in total. The zero-order valence-corrected chi connectivity index (χ0v) is 37.7. The summed E-state index contributed by atoms with van der Waals surface area (Å²) in [5.41, 5.74) is 19.5. The van der Waals surface area contributed by atoms with Crippen LogP contribution in [0.5, 0.6) is 0 Å². The number of aromatic nitrogens is 4. The summed E-state index contributed by atoms with van der Waals surface area (Å²) in [5.74, 6) is 0. The van der Waals surface area contributed by atoms with Gasteiger partial charge in [-0.15, -0.1) is 0 Å². The lowest BCUT2D eigenvalue weighted by Crippen LogP contribution is -1.97. The van der Waals surface area contributed by atoms with Crippen molar-refractivity contribution >= 4 is 120 Å². The summed E-state index contributed by atoms with van der Waals surface area (Å²) in [6.45, 7) is 0. The van der Waals surface area contributed by atoms with Crippen LogP contribution in [0.1, 0.15) is 0 Å². The second-order valence-corrected chi connectivity index (χ2v) is 19.1. The first-order valence-electron chi connectivity index (χ1n) is 24.3. The summed E-state index contributed by atoms with van der Waals surface area (Å²) in [6.07, 6.45) is 0. The molecule has 0 bridgehead atoms. The lowest BCUT2D eigenvalue weighted by molar-refractivity contribution is 1.18. The predicted octanol–water partition coefficient (Wildman–Crippen LogP) is 17.5. The Labute approximate surface area is 400 Å². The highest BCUT2D eigenvalue weighted by Crippen LogP contribution is 2.55. The van der Waals surface area contributed by atoms with E-state index in [1.165, 1.54) is 142 Å². The molecule has 17 rings (SSSR count). The lowest BCUT2D eigenvalue weighted by atomic mass is 9.89. The lowest BCUT2D eigenvalue weighted by Gasteiger charge is -2.16. The third-order valence-corrected chi connectivity index (χ3v) is 15.8. The Kier molecular flexibility index (Phi) is 6.92. The average Bonchev–Trinajstić information content (AvgIpc) is 4.27. The van der Waals surface area contributed by atoms with Gasteiger partial charge in [-0.25, -0.2) is 0 Å². The molecular weight excluding hydrogens is 849 g/mol. The van der Waals surface area contributed by atoms with E-state index in [-0.39, 0.29) is 0 Å². The third-order valence-electron chi connectivity index (χ3n) is 15.8. The normalized spacial score (nSPS) is 12.6. The van der Waals surface area contributed by atoms with Gasteiger partial charge >= 0.3 is 0 Å². The molecule has 0 aliphatic carbocycles. The molecule has 0 atom stereocenters. The zero-order chi connectivity index (χ0) is 45.3. The predicted molar refractivity (Wildman–Crippen MR) is 295 cm³/mol. The van der Waals surface area contributed by atoms with E-state index in [1.807, 2.05) is 0 Å². The number of hydrogen-bond acceptors (Lipinski definition) is 0. The van der Waals surface area contributed by atoms with Gasteiger partial charge in [0.25, 0.3) is 0 Å². The van der Waals surface area contributed by atoms with Crippen molar-refractivity contribution in [2.24, 2.45) is 0 Å². The van der Waals surface area contributed by atoms with Gasteiger partial charge < -0.3 is 17.9 Å². The molecule has 70 heavy (non-hydrogen) atoms. The van der Waals surface area contributed by atoms with Crippen molar-refractivity contribution in [3.63, 3.8) is 0 Å². The minimum atomic E-state index is 1.15. The Hall–Kier alpha value is -9.38. The molecular formula is C66H38N4. The van der Waals surface area contributed by atoms with Gasteiger partial charge in [0.15, 0.2) is 0 Å². The topological polar surface area (TPSA) is 18.7 Å². The fraction of sp³-hybridized carbons (Fsp3) is 0. The van der Waals surface area contributed by atoms with Gasteiger partial charge in [-0.2, -0.15) is 0 Å². The summed E-state index contributed by atoms with van der Waals surface area (Å²) in [6, 6.07) is 85.7. The number of nitrogens with zero attached hydrogens (tertiary/aromatic N) is 4. The van der Waals surface area contributed by atoms with Crippen LogP contribution in [0.25, 0.3) is 153 Å². The van der Waals surface area contributed by atoms with E-state index in [1.54, 1.807) is 0 Å². The van der Waals surface area contributed by atoms with Crippen LogP contribution < -0.4 is 0 Å². The molecule has 11 aromatic carbocycles. The Morgan fingerprint density at radius 3 is 0.929 bits per heavy atom. The second-order valence-electron chi connectivity index (χ2n) is 19.1. The van der Waals surface area contributed by atoms with Crippen LogP contribution >= 0.6 is 0 Å². The first kappa shape index (κ1) is 36.7. The fourth-order valence-corrected chi connectivity index (χ4v) is 13.2. The van der Waals surface area contributed by atoms with Crippen molar-refractivity contribution in [2.45, 2.75) is 0 Å². The van der Waals surface area contributed by atoms with Crippen molar-refractivity contribution in [3.05, 3.63) is 231 Å². The number of para-hydroxylation sites is 6. The number of hydrogen-bond donors (Lipinski definition) is 0. The molecule has 322 valence electrons. The fourth-order valence-electron chi connectivity index (χ4n) is 13.2. The molecule has 0 saturated heterocycles. The van der Waals surface area contributed by atoms with E-state index >= 15 is 0 Å². The second kappa shape index (κ2) is 13.2. The Bertz CT molecular complexity index is 4690. The number of rotatable bonds is 4.